The quantitative estimate of drug-likeness (QED) is 0.714. The molecule has 1 heterocycles. The Morgan fingerprint density at radius 1 is 1.50 bits per heavy atom. The number of aryl methyl sites for hydroxylation is 2. The SMILES string of the molecule is CCCc1cc(NC(=O)NCCC(O)C(C)C)n(C)n1. The van der Waals surface area contributed by atoms with E-state index in [2.05, 4.69) is 22.7 Å². The second-order valence-electron chi connectivity index (χ2n) is 5.38. The van der Waals surface area contributed by atoms with Crippen LogP contribution in [-0.2, 0) is 13.5 Å². The molecule has 0 radical (unpaired) electrons. The molecule has 3 N–H and O–H groups in total. The molecule has 6 heteroatoms. The Hall–Kier alpha value is -1.56. The zero-order chi connectivity index (χ0) is 15.1. The molecule has 114 valence electrons. The van der Waals surface area contributed by atoms with Crippen molar-refractivity contribution in [1.29, 1.82) is 0 Å². The molecule has 1 aromatic heterocycles. The standard InChI is InChI=1S/C14H26N4O2/c1-5-6-11-9-13(18(4)17-11)16-14(20)15-8-7-12(19)10(2)3/h9-10,12,19H,5-8H2,1-4H3,(H2,15,16,20). The van der Waals surface area contributed by atoms with E-state index >= 15 is 0 Å². The molecular weight excluding hydrogens is 256 g/mol. The van der Waals surface area contributed by atoms with E-state index in [9.17, 15) is 9.90 Å². The Morgan fingerprint density at radius 3 is 2.80 bits per heavy atom. The summed E-state index contributed by atoms with van der Waals surface area (Å²) < 4.78 is 1.66. The topological polar surface area (TPSA) is 79.2 Å². The Labute approximate surface area is 120 Å². The Bertz CT molecular complexity index is 429. The predicted molar refractivity (Wildman–Crippen MR) is 79.7 cm³/mol. The molecule has 0 saturated heterocycles. The highest BCUT2D eigenvalue weighted by Gasteiger charge is 2.11. The number of carbonyl (C=O) groups is 1. The van der Waals surface area contributed by atoms with Gasteiger partial charge in [-0.15, -0.1) is 0 Å². The molecule has 0 fully saturated rings. The van der Waals surface area contributed by atoms with Crippen LogP contribution in [0.25, 0.3) is 0 Å². The molecular formula is C14H26N4O2. The lowest BCUT2D eigenvalue weighted by atomic mass is 10.0. The van der Waals surface area contributed by atoms with Gasteiger partial charge in [-0.05, 0) is 18.8 Å². The maximum atomic E-state index is 11.7. The zero-order valence-corrected chi connectivity index (χ0v) is 12.8. The normalized spacial score (nSPS) is 12.5. The van der Waals surface area contributed by atoms with Gasteiger partial charge in [0.1, 0.15) is 5.82 Å². The number of nitrogens with one attached hydrogen (secondary N) is 2. The summed E-state index contributed by atoms with van der Waals surface area (Å²) >= 11 is 0. The first-order valence-electron chi connectivity index (χ1n) is 7.19. The van der Waals surface area contributed by atoms with Crippen LogP contribution >= 0.6 is 0 Å². The lowest BCUT2D eigenvalue weighted by molar-refractivity contribution is 0.117. The number of rotatable bonds is 7. The number of carbonyl (C=O) groups excluding carboxylic acids is 1. The van der Waals surface area contributed by atoms with Crippen LogP contribution in [0.3, 0.4) is 0 Å². The van der Waals surface area contributed by atoms with E-state index in [1.165, 1.54) is 0 Å². The maximum absolute atomic E-state index is 11.7. The van der Waals surface area contributed by atoms with Crippen LogP contribution in [0.2, 0.25) is 0 Å². The monoisotopic (exact) mass is 282 g/mol. The van der Waals surface area contributed by atoms with Gasteiger partial charge in [0, 0.05) is 19.7 Å². The van der Waals surface area contributed by atoms with E-state index < -0.39 is 0 Å². The fourth-order valence-corrected chi connectivity index (χ4v) is 1.85. The summed E-state index contributed by atoms with van der Waals surface area (Å²) in [5.74, 6) is 0.879. The molecule has 0 aliphatic carbocycles. The van der Waals surface area contributed by atoms with Crippen molar-refractivity contribution in [2.75, 3.05) is 11.9 Å². The Balaban J connectivity index is 2.38. The fraction of sp³-hybridized carbons (Fsp3) is 0.714. The average molecular weight is 282 g/mol. The molecule has 0 saturated carbocycles. The molecule has 0 aromatic carbocycles. The minimum atomic E-state index is -0.386. The first-order chi connectivity index (χ1) is 9.43. The first kappa shape index (κ1) is 16.5. The smallest absolute Gasteiger partial charge is 0.320 e. The third-order valence-electron chi connectivity index (χ3n) is 3.17. The van der Waals surface area contributed by atoms with Crippen molar-refractivity contribution in [3.8, 4) is 0 Å². The third kappa shape index (κ3) is 5.21. The van der Waals surface area contributed by atoms with Crippen LogP contribution in [0.1, 0.15) is 39.3 Å². The van der Waals surface area contributed by atoms with Gasteiger partial charge in [-0.3, -0.25) is 10.00 Å². The van der Waals surface area contributed by atoms with Gasteiger partial charge in [-0.2, -0.15) is 5.10 Å². The molecule has 0 spiro atoms. The second kappa shape index (κ2) is 7.89. The summed E-state index contributed by atoms with van der Waals surface area (Å²) in [6, 6.07) is 1.61. The van der Waals surface area contributed by atoms with Crippen LogP contribution in [0.15, 0.2) is 6.07 Å². The van der Waals surface area contributed by atoms with Crippen LogP contribution in [-0.4, -0.2) is 33.6 Å². The number of urea groups is 1. The summed E-state index contributed by atoms with van der Waals surface area (Å²) in [6.07, 6.45) is 2.09. The minimum absolute atomic E-state index is 0.202. The summed E-state index contributed by atoms with van der Waals surface area (Å²) in [6.45, 7) is 6.45. The van der Waals surface area contributed by atoms with Crippen molar-refractivity contribution in [2.24, 2.45) is 13.0 Å². The highest BCUT2D eigenvalue weighted by Crippen LogP contribution is 2.10. The van der Waals surface area contributed by atoms with Crippen LogP contribution in [0.5, 0.6) is 0 Å². The highest BCUT2D eigenvalue weighted by atomic mass is 16.3. The van der Waals surface area contributed by atoms with E-state index in [0.29, 0.717) is 18.8 Å². The zero-order valence-electron chi connectivity index (χ0n) is 12.8. The molecule has 1 atom stereocenters. The van der Waals surface area contributed by atoms with Crippen LogP contribution in [0, 0.1) is 5.92 Å². The number of aromatic nitrogens is 2. The van der Waals surface area contributed by atoms with Gasteiger partial charge in [0.2, 0.25) is 0 Å². The third-order valence-corrected chi connectivity index (χ3v) is 3.17. The average Bonchev–Trinajstić information content (AvgIpc) is 2.69. The van der Waals surface area contributed by atoms with Gasteiger partial charge in [0.15, 0.2) is 0 Å². The van der Waals surface area contributed by atoms with Crippen molar-refractivity contribution < 1.29 is 9.90 Å². The molecule has 1 aromatic rings. The van der Waals surface area contributed by atoms with Crippen molar-refractivity contribution in [3.05, 3.63) is 11.8 Å². The molecule has 6 nitrogen and oxygen atoms in total. The van der Waals surface area contributed by atoms with Gasteiger partial charge in [0.05, 0.1) is 11.8 Å². The van der Waals surface area contributed by atoms with E-state index in [-0.39, 0.29) is 18.1 Å². The summed E-state index contributed by atoms with van der Waals surface area (Å²) in [5, 5.41) is 19.5. The van der Waals surface area contributed by atoms with Crippen LogP contribution in [0.4, 0.5) is 10.6 Å². The summed E-state index contributed by atoms with van der Waals surface area (Å²) in [5.41, 5.74) is 0.973. The Kier molecular flexibility index (Phi) is 6.51. The number of nitrogens with zero attached hydrogens (tertiary/aromatic N) is 2. The number of aliphatic hydroxyl groups excluding tert-OH is 1. The number of aliphatic hydroxyl groups is 1. The number of anilines is 1. The van der Waals surface area contributed by atoms with Gasteiger partial charge in [-0.1, -0.05) is 27.2 Å². The minimum Gasteiger partial charge on any atom is -0.393 e. The van der Waals surface area contributed by atoms with Gasteiger partial charge < -0.3 is 10.4 Å². The molecule has 0 bridgehead atoms. The molecule has 0 aliphatic rings. The fourth-order valence-electron chi connectivity index (χ4n) is 1.85. The van der Waals surface area contributed by atoms with E-state index in [1.807, 2.05) is 19.9 Å². The lowest BCUT2D eigenvalue weighted by Crippen LogP contribution is -2.32. The largest absolute Gasteiger partial charge is 0.393 e. The molecule has 2 amide bonds. The predicted octanol–water partition coefficient (Wildman–Crippen LogP) is 1.90. The highest BCUT2D eigenvalue weighted by molar-refractivity contribution is 5.88. The first-order valence-corrected chi connectivity index (χ1v) is 7.19. The van der Waals surface area contributed by atoms with Crippen molar-refractivity contribution in [2.45, 2.75) is 46.1 Å². The lowest BCUT2D eigenvalue weighted by Gasteiger charge is -2.14. The van der Waals surface area contributed by atoms with Gasteiger partial charge >= 0.3 is 6.03 Å². The van der Waals surface area contributed by atoms with Crippen LogP contribution < -0.4 is 10.6 Å². The van der Waals surface area contributed by atoms with E-state index in [0.717, 1.165) is 18.5 Å². The maximum Gasteiger partial charge on any atom is 0.320 e. The number of hydrogen-bond donors (Lipinski definition) is 3. The number of amides is 2. The van der Waals surface area contributed by atoms with Crippen molar-refractivity contribution in [1.82, 2.24) is 15.1 Å². The Morgan fingerprint density at radius 2 is 2.20 bits per heavy atom. The molecule has 1 rings (SSSR count). The van der Waals surface area contributed by atoms with Crippen molar-refractivity contribution in [3.63, 3.8) is 0 Å². The van der Waals surface area contributed by atoms with E-state index in [1.54, 1.807) is 11.7 Å². The molecule has 1 unspecified atom stereocenters. The van der Waals surface area contributed by atoms with Crippen molar-refractivity contribution >= 4 is 11.8 Å². The molecule has 20 heavy (non-hydrogen) atoms. The second-order valence-corrected chi connectivity index (χ2v) is 5.38. The summed E-state index contributed by atoms with van der Waals surface area (Å²) in [4.78, 5) is 11.7. The number of hydrogen-bond acceptors (Lipinski definition) is 3. The van der Waals surface area contributed by atoms with Gasteiger partial charge in [-0.25, -0.2) is 4.79 Å². The van der Waals surface area contributed by atoms with E-state index in [4.69, 9.17) is 0 Å². The summed E-state index contributed by atoms with van der Waals surface area (Å²) in [7, 11) is 1.80. The molecule has 0 aliphatic heterocycles. The van der Waals surface area contributed by atoms with Gasteiger partial charge in [0.25, 0.3) is 0 Å².